The van der Waals surface area contributed by atoms with Crippen LogP contribution < -0.4 is 5.32 Å². The van der Waals surface area contributed by atoms with Crippen LogP contribution in [0.3, 0.4) is 0 Å². The summed E-state index contributed by atoms with van der Waals surface area (Å²) < 4.78 is 5.02. The Labute approximate surface area is 170 Å². The largest absolute Gasteiger partial charge is 0.462 e. The molecule has 0 spiro atoms. The molecule has 2 N–H and O–H groups in total. The number of nitrogens with one attached hydrogen (secondary N) is 2. The van der Waals surface area contributed by atoms with E-state index in [1.54, 1.807) is 31.2 Å². The highest BCUT2D eigenvalue weighted by molar-refractivity contribution is 7.99. The average molecular weight is 407 g/mol. The van der Waals surface area contributed by atoms with Crippen molar-refractivity contribution in [2.24, 2.45) is 0 Å². The maximum Gasteiger partial charge on any atom is 0.340 e. The number of rotatable bonds is 6. The quantitative estimate of drug-likeness (QED) is 0.372. The molecule has 0 bridgehead atoms. The zero-order chi connectivity index (χ0) is 20.2. The molecular formula is C20H17N5O3S. The molecule has 8 nitrogen and oxygen atoms in total. The number of aromatic nitrogens is 4. The van der Waals surface area contributed by atoms with Gasteiger partial charge in [-0.2, -0.15) is 0 Å². The van der Waals surface area contributed by atoms with Gasteiger partial charge in [0.25, 0.3) is 0 Å². The molecule has 2 aromatic carbocycles. The van der Waals surface area contributed by atoms with E-state index in [9.17, 15) is 9.59 Å². The lowest BCUT2D eigenvalue weighted by molar-refractivity contribution is -0.113. The number of benzene rings is 2. The summed E-state index contributed by atoms with van der Waals surface area (Å²) in [4.78, 5) is 32.0. The predicted octanol–water partition coefficient (Wildman–Crippen LogP) is 3.41. The van der Waals surface area contributed by atoms with Gasteiger partial charge in [-0.05, 0) is 25.1 Å². The number of hydrogen-bond donors (Lipinski definition) is 2. The number of esters is 1. The molecule has 4 rings (SSSR count). The van der Waals surface area contributed by atoms with Gasteiger partial charge in [0.05, 0.1) is 23.6 Å². The number of para-hydroxylation sites is 2. The average Bonchev–Trinajstić information content (AvgIpc) is 3.10. The summed E-state index contributed by atoms with van der Waals surface area (Å²) in [7, 11) is 0. The van der Waals surface area contributed by atoms with Crippen LogP contribution in [0.4, 0.5) is 5.69 Å². The number of aromatic amines is 1. The Balaban J connectivity index is 1.45. The first-order chi connectivity index (χ1) is 14.2. The van der Waals surface area contributed by atoms with Gasteiger partial charge in [-0.25, -0.2) is 9.78 Å². The predicted molar refractivity (Wildman–Crippen MR) is 111 cm³/mol. The number of thioether (sulfide) groups is 1. The van der Waals surface area contributed by atoms with E-state index >= 15 is 0 Å². The second-order valence-corrected chi connectivity index (χ2v) is 7.01. The van der Waals surface area contributed by atoms with E-state index in [2.05, 4.69) is 25.5 Å². The molecular weight excluding hydrogens is 390 g/mol. The standard InChI is InChI=1S/C20H17N5O3S/c1-2-28-19(27)13-8-4-6-10-15(13)21-16(26)11-29-20-23-18-17(24-25-20)12-7-3-5-9-14(12)22-18/h3-10H,2,11H2,1H3,(H,21,26)(H,22,23,25). The fraction of sp³-hybridized carbons (Fsp3) is 0.150. The minimum absolute atomic E-state index is 0.0740. The van der Waals surface area contributed by atoms with E-state index < -0.39 is 5.97 Å². The number of fused-ring (bicyclic) bond motifs is 3. The molecule has 0 aliphatic carbocycles. The van der Waals surface area contributed by atoms with E-state index in [0.717, 1.165) is 22.7 Å². The molecule has 0 unspecified atom stereocenters. The molecule has 0 radical (unpaired) electrons. The molecule has 146 valence electrons. The molecule has 0 saturated carbocycles. The van der Waals surface area contributed by atoms with Crippen molar-refractivity contribution in [3.63, 3.8) is 0 Å². The van der Waals surface area contributed by atoms with Gasteiger partial charge < -0.3 is 15.0 Å². The lowest BCUT2D eigenvalue weighted by Gasteiger charge is -2.09. The first-order valence-corrected chi connectivity index (χ1v) is 9.94. The summed E-state index contributed by atoms with van der Waals surface area (Å²) in [5, 5.41) is 12.4. The minimum atomic E-state index is -0.479. The summed E-state index contributed by atoms with van der Waals surface area (Å²) >= 11 is 1.16. The van der Waals surface area contributed by atoms with Crippen molar-refractivity contribution in [3.05, 3.63) is 54.1 Å². The van der Waals surface area contributed by atoms with Crippen LogP contribution >= 0.6 is 11.8 Å². The second kappa shape index (κ2) is 8.27. The monoisotopic (exact) mass is 407 g/mol. The number of H-pyrrole nitrogens is 1. The van der Waals surface area contributed by atoms with Gasteiger partial charge in [-0.1, -0.05) is 42.1 Å². The topological polar surface area (TPSA) is 110 Å². The van der Waals surface area contributed by atoms with Crippen LogP contribution in [-0.2, 0) is 9.53 Å². The number of ether oxygens (including phenoxy) is 1. The van der Waals surface area contributed by atoms with E-state index in [-0.39, 0.29) is 18.3 Å². The Bertz CT molecular complexity index is 1210. The van der Waals surface area contributed by atoms with E-state index in [1.165, 1.54) is 0 Å². The molecule has 0 aliphatic heterocycles. The van der Waals surface area contributed by atoms with E-state index in [4.69, 9.17) is 4.74 Å². The van der Waals surface area contributed by atoms with Gasteiger partial charge >= 0.3 is 5.97 Å². The van der Waals surface area contributed by atoms with Crippen molar-refractivity contribution in [1.82, 2.24) is 20.2 Å². The smallest absolute Gasteiger partial charge is 0.340 e. The molecule has 0 aliphatic rings. The van der Waals surface area contributed by atoms with Crippen molar-refractivity contribution >= 4 is 51.4 Å². The zero-order valence-electron chi connectivity index (χ0n) is 15.5. The summed E-state index contributed by atoms with van der Waals surface area (Å²) in [6, 6.07) is 14.5. The second-order valence-electron chi connectivity index (χ2n) is 6.07. The molecule has 9 heteroatoms. The molecule has 0 atom stereocenters. The summed E-state index contributed by atoms with van der Waals surface area (Å²) in [6.07, 6.45) is 0. The van der Waals surface area contributed by atoms with Gasteiger partial charge in [0.15, 0.2) is 5.65 Å². The van der Waals surface area contributed by atoms with Crippen molar-refractivity contribution in [2.45, 2.75) is 12.1 Å². The lowest BCUT2D eigenvalue weighted by atomic mass is 10.2. The van der Waals surface area contributed by atoms with Crippen LogP contribution in [0.1, 0.15) is 17.3 Å². The highest BCUT2D eigenvalue weighted by Crippen LogP contribution is 2.23. The highest BCUT2D eigenvalue weighted by Gasteiger charge is 2.15. The third-order valence-corrected chi connectivity index (χ3v) is 4.97. The van der Waals surface area contributed by atoms with Gasteiger partial charge in [0.1, 0.15) is 5.52 Å². The number of hydrogen-bond acceptors (Lipinski definition) is 7. The van der Waals surface area contributed by atoms with Crippen LogP contribution in [0.5, 0.6) is 0 Å². The Hall–Kier alpha value is -3.46. The van der Waals surface area contributed by atoms with Crippen molar-refractivity contribution in [2.75, 3.05) is 17.7 Å². The van der Waals surface area contributed by atoms with E-state index in [0.29, 0.717) is 27.6 Å². The maximum atomic E-state index is 12.4. The molecule has 0 fully saturated rings. The lowest BCUT2D eigenvalue weighted by Crippen LogP contribution is -2.17. The van der Waals surface area contributed by atoms with Gasteiger partial charge in [0.2, 0.25) is 11.1 Å². The summed E-state index contributed by atoms with van der Waals surface area (Å²) in [6.45, 7) is 1.99. The number of carbonyl (C=O) groups excluding carboxylic acids is 2. The number of anilines is 1. The Morgan fingerprint density at radius 3 is 2.76 bits per heavy atom. The number of carbonyl (C=O) groups is 2. The number of nitrogens with zero attached hydrogens (tertiary/aromatic N) is 3. The van der Waals surface area contributed by atoms with Crippen LogP contribution in [0.25, 0.3) is 22.1 Å². The van der Waals surface area contributed by atoms with Crippen LogP contribution in [0.15, 0.2) is 53.7 Å². The van der Waals surface area contributed by atoms with Crippen molar-refractivity contribution < 1.29 is 14.3 Å². The summed E-state index contributed by atoms with van der Waals surface area (Å²) in [5.41, 5.74) is 2.96. The van der Waals surface area contributed by atoms with Gasteiger partial charge in [-0.15, -0.1) is 10.2 Å². The number of amides is 1. The maximum absolute atomic E-state index is 12.4. The zero-order valence-corrected chi connectivity index (χ0v) is 16.3. The van der Waals surface area contributed by atoms with Crippen LogP contribution in [0.2, 0.25) is 0 Å². The van der Waals surface area contributed by atoms with Crippen LogP contribution in [-0.4, -0.2) is 44.4 Å². The third-order valence-electron chi connectivity index (χ3n) is 4.13. The molecule has 4 aromatic rings. The van der Waals surface area contributed by atoms with Crippen molar-refractivity contribution in [1.29, 1.82) is 0 Å². The Kier molecular flexibility index (Phi) is 5.39. The Morgan fingerprint density at radius 2 is 1.90 bits per heavy atom. The van der Waals surface area contributed by atoms with Crippen molar-refractivity contribution in [3.8, 4) is 0 Å². The normalized spacial score (nSPS) is 10.9. The molecule has 0 saturated heterocycles. The first-order valence-electron chi connectivity index (χ1n) is 8.95. The fourth-order valence-electron chi connectivity index (χ4n) is 2.86. The first kappa shape index (κ1) is 18.9. The van der Waals surface area contributed by atoms with Crippen LogP contribution in [0, 0.1) is 0 Å². The van der Waals surface area contributed by atoms with Gasteiger partial charge in [-0.3, -0.25) is 4.79 Å². The van der Waals surface area contributed by atoms with Gasteiger partial charge in [0, 0.05) is 10.9 Å². The fourth-order valence-corrected chi connectivity index (χ4v) is 3.45. The molecule has 1 amide bonds. The Morgan fingerprint density at radius 1 is 1.10 bits per heavy atom. The van der Waals surface area contributed by atoms with E-state index in [1.807, 2.05) is 24.3 Å². The highest BCUT2D eigenvalue weighted by atomic mass is 32.2. The SMILES string of the molecule is CCOC(=O)c1ccccc1NC(=O)CSc1nnc2c(n1)[nH]c1ccccc12. The molecule has 2 aromatic heterocycles. The summed E-state index contributed by atoms with van der Waals surface area (Å²) in [5.74, 6) is -0.690. The molecule has 29 heavy (non-hydrogen) atoms. The molecule has 2 heterocycles. The minimum Gasteiger partial charge on any atom is -0.462 e. The third kappa shape index (κ3) is 4.04.